The molecule has 23 heavy (non-hydrogen) atoms. The van der Waals surface area contributed by atoms with E-state index in [1.54, 1.807) is 4.90 Å². The topological polar surface area (TPSA) is 52.6 Å². The van der Waals surface area contributed by atoms with Crippen LogP contribution in [0.1, 0.15) is 25.3 Å². The molecule has 3 rings (SSSR count). The molecular weight excluding hydrogens is 288 g/mol. The molecule has 1 aliphatic heterocycles. The minimum absolute atomic E-state index is 0.0581. The Bertz CT molecular complexity index is 686. The summed E-state index contributed by atoms with van der Waals surface area (Å²) in [6, 6.07) is 14.7. The maximum Gasteiger partial charge on any atom is 0.317 e. The molecule has 2 N–H and O–H groups in total. The van der Waals surface area contributed by atoms with Crippen molar-refractivity contribution in [3.05, 3.63) is 48.0 Å². The van der Waals surface area contributed by atoms with Crippen LogP contribution in [0.15, 0.2) is 42.5 Å². The molecule has 0 aromatic heterocycles. The van der Waals surface area contributed by atoms with Gasteiger partial charge in [0, 0.05) is 19.1 Å². The Labute approximate surface area is 137 Å². The molecule has 2 amide bonds. The molecular formula is C19H24N2O2. The molecule has 1 saturated heterocycles. The van der Waals surface area contributed by atoms with Gasteiger partial charge in [0.1, 0.15) is 0 Å². The predicted molar refractivity (Wildman–Crippen MR) is 92.5 cm³/mol. The molecule has 0 spiro atoms. The summed E-state index contributed by atoms with van der Waals surface area (Å²) in [4.78, 5) is 14.0. The van der Waals surface area contributed by atoms with Gasteiger partial charge in [-0.2, -0.15) is 0 Å². The van der Waals surface area contributed by atoms with Crippen molar-refractivity contribution in [2.24, 2.45) is 0 Å². The van der Waals surface area contributed by atoms with Crippen molar-refractivity contribution in [2.75, 3.05) is 13.1 Å². The summed E-state index contributed by atoms with van der Waals surface area (Å²) in [7, 11) is 0. The van der Waals surface area contributed by atoms with E-state index in [9.17, 15) is 9.90 Å². The Morgan fingerprint density at radius 2 is 2.09 bits per heavy atom. The molecule has 0 bridgehead atoms. The zero-order valence-electron chi connectivity index (χ0n) is 13.5. The monoisotopic (exact) mass is 312 g/mol. The summed E-state index contributed by atoms with van der Waals surface area (Å²) in [6.07, 6.45) is 2.07. The van der Waals surface area contributed by atoms with E-state index in [0.29, 0.717) is 6.54 Å². The number of hydrogen-bond donors (Lipinski definition) is 2. The number of urea groups is 1. The third-order valence-corrected chi connectivity index (χ3v) is 4.41. The van der Waals surface area contributed by atoms with Crippen LogP contribution in [0.5, 0.6) is 0 Å². The van der Waals surface area contributed by atoms with Crippen molar-refractivity contribution in [3.8, 4) is 0 Å². The number of rotatable bonds is 3. The van der Waals surface area contributed by atoms with Crippen LogP contribution in [0.3, 0.4) is 0 Å². The van der Waals surface area contributed by atoms with E-state index in [0.717, 1.165) is 25.8 Å². The molecule has 2 aromatic carbocycles. The highest BCUT2D eigenvalue weighted by Crippen LogP contribution is 2.17. The van der Waals surface area contributed by atoms with E-state index < -0.39 is 0 Å². The van der Waals surface area contributed by atoms with Gasteiger partial charge in [-0.3, -0.25) is 0 Å². The first-order chi connectivity index (χ1) is 11.1. The lowest BCUT2D eigenvalue weighted by Crippen LogP contribution is -2.49. The van der Waals surface area contributed by atoms with E-state index >= 15 is 0 Å². The van der Waals surface area contributed by atoms with E-state index in [1.807, 2.05) is 19.1 Å². The second-order valence-electron chi connectivity index (χ2n) is 6.48. The molecule has 2 unspecified atom stereocenters. The highest BCUT2D eigenvalue weighted by Gasteiger charge is 2.22. The summed E-state index contributed by atoms with van der Waals surface area (Å²) in [5.74, 6) is 0. The van der Waals surface area contributed by atoms with E-state index in [2.05, 4.69) is 35.6 Å². The largest absolute Gasteiger partial charge is 0.391 e. The maximum absolute atomic E-state index is 12.3. The Kier molecular flexibility index (Phi) is 4.82. The highest BCUT2D eigenvalue weighted by atomic mass is 16.3. The minimum Gasteiger partial charge on any atom is -0.391 e. The first-order valence-corrected chi connectivity index (χ1v) is 8.33. The first-order valence-electron chi connectivity index (χ1n) is 8.33. The van der Waals surface area contributed by atoms with Gasteiger partial charge in [0.15, 0.2) is 0 Å². The number of carbonyl (C=O) groups is 1. The number of benzene rings is 2. The van der Waals surface area contributed by atoms with Crippen LogP contribution < -0.4 is 5.32 Å². The summed E-state index contributed by atoms with van der Waals surface area (Å²) >= 11 is 0. The third-order valence-electron chi connectivity index (χ3n) is 4.41. The first kappa shape index (κ1) is 15.8. The average Bonchev–Trinajstić information content (AvgIpc) is 2.54. The van der Waals surface area contributed by atoms with Crippen LogP contribution in [0, 0.1) is 0 Å². The number of amides is 2. The van der Waals surface area contributed by atoms with Crippen molar-refractivity contribution >= 4 is 16.8 Å². The Morgan fingerprint density at radius 3 is 2.87 bits per heavy atom. The Morgan fingerprint density at radius 1 is 1.30 bits per heavy atom. The second-order valence-corrected chi connectivity index (χ2v) is 6.48. The number of piperidine rings is 1. The van der Waals surface area contributed by atoms with Gasteiger partial charge in [0.25, 0.3) is 0 Å². The van der Waals surface area contributed by atoms with Gasteiger partial charge >= 0.3 is 6.03 Å². The number of aliphatic hydroxyl groups is 1. The lowest BCUT2D eigenvalue weighted by molar-refractivity contribution is 0.0835. The molecule has 2 aromatic rings. The Hall–Kier alpha value is -2.07. The normalized spacial score (nSPS) is 19.6. The molecule has 1 aliphatic rings. The molecule has 0 saturated carbocycles. The van der Waals surface area contributed by atoms with Crippen molar-refractivity contribution in [3.63, 3.8) is 0 Å². The maximum atomic E-state index is 12.3. The van der Waals surface area contributed by atoms with Crippen LogP contribution in [-0.2, 0) is 6.42 Å². The fourth-order valence-corrected chi connectivity index (χ4v) is 3.21. The van der Waals surface area contributed by atoms with Gasteiger partial charge in [0.2, 0.25) is 0 Å². The molecule has 1 fully saturated rings. The number of nitrogens with zero attached hydrogens (tertiary/aromatic N) is 1. The minimum atomic E-state index is -0.384. The van der Waals surface area contributed by atoms with Gasteiger partial charge in [0.05, 0.1) is 6.10 Å². The van der Waals surface area contributed by atoms with Crippen molar-refractivity contribution in [2.45, 2.75) is 38.3 Å². The number of fused-ring (bicyclic) bond motifs is 1. The number of hydrogen-bond acceptors (Lipinski definition) is 2. The highest BCUT2D eigenvalue weighted by molar-refractivity contribution is 5.83. The average molecular weight is 312 g/mol. The summed E-state index contributed by atoms with van der Waals surface area (Å²) < 4.78 is 0. The van der Waals surface area contributed by atoms with Crippen molar-refractivity contribution in [1.82, 2.24) is 10.2 Å². The molecule has 1 heterocycles. The standard InChI is InChI=1S/C19H24N2O2/c1-14(20-19(23)21-10-4-7-18(22)13-21)11-15-8-9-16-5-2-3-6-17(16)12-15/h2-3,5-6,8-9,12,14,18,22H,4,7,10-11,13H2,1H3,(H,20,23). The molecule has 0 aliphatic carbocycles. The zero-order valence-corrected chi connectivity index (χ0v) is 13.5. The number of likely N-dealkylation sites (tertiary alicyclic amines) is 1. The van der Waals surface area contributed by atoms with Gasteiger partial charge in [-0.25, -0.2) is 4.79 Å². The van der Waals surface area contributed by atoms with Crippen LogP contribution in [0.2, 0.25) is 0 Å². The number of carbonyl (C=O) groups excluding carboxylic acids is 1. The second kappa shape index (κ2) is 7.01. The lowest BCUT2D eigenvalue weighted by atomic mass is 10.0. The summed E-state index contributed by atoms with van der Waals surface area (Å²) in [5, 5.41) is 15.2. The van der Waals surface area contributed by atoms with E-state index in [4.69, 9.17) is 0 Å². The van der Waals surface area contributed by atoms with Gasteiger partial charge in [-0.1, -0.05) is 42.5 Å². The molecule has 4 nitrogen and oxygen atoms in total. The van der Waals surface area contributed by atoms with Crippen molar-refractivity contribution < 1.29 is 9.90 Å². The fourth-order valence-electron chi connectivity index (χ4n) is 3.21. The van der Waals surface area contributed by atoms with Crippen LogP contribution in [0.25, 0.3) is 10.8 Å². The number of β-amino-alcohol motifs (C(OH)–C–C–N with tert-alkyl or cyclic N) is 1. The van der Waals surface area contributed by atoms with Crippen LogP contribution in [-0.4, -0.2) is 41.3 Å². The number of nitrogens with one attached hydrogen (secondary N) is 1. The Balaban J connectivity index is 1.59. The predicted octanol–water partition coefficient (Wildman–Crippen LogP) is 2.94. The van der Waals surface area contributed by atoms with Gasteiger partial charge in [-0.05, 0) is 42.5 Å². The molecule has 2 atom stereocenters. The molecule has 0 radical (unpaired) electrons. The van der Waals surface area contributed by atoms with Crippen LogP contribution in [0.4, 0.5) is 4.79 Å². The smallest absolute Gasteiger partial charge is 0.317 e. The summed E-state index contributed by atoms with van der Waals surface area (Å²) in [5.41, 5.74) is 1.22. The lowest BCUT2D eigenvalue weighted by Gasteiger charge is -2.31. The molecule has 122 valence electrons. The third kappa shape index (κ3) is 4.02. The SMILES string of the molecule is CC(Cc1ccc2ccccc2c1)NC(=O)N1CCCC(O)C1. The molecule has 4 heteroatoms. The van der Waals surface area contributed by atoms with E-state index in [-0.39, 0.29) is 18.2 Å². The quantitative estimate of drug-likeness (QED) is 0.915. The van der Waals surface area contributed by atoms with Crippen molar-refractivity contribution in [1.29, 1.82) is 0 Å². The van der Waals surface area contributed by atoms with E-state index in [1.165, 1.54) is 16.3 Å². The van der Waals surface area contributed by atoms with Crippen LogP contribution >= 0.6 is 0 Å². The zero-order chi connectivity index (χ0) is 16.2. The van der Waals surface area contributed by atoms with Gasteiger partial charge < -0.3 is 15.3 Å². The fraction of sp³-hybridized carbons (Fsp3) is 0.421. The number of aliphatic hydroxyl groups excluding tert-OH is 1. The van der Waals surface area contributed by atoms with Gasteiger partial charge in [-0.15, -0.1) is 0 Å². The summed E-state index contributed by atoms with van der Waals surface area (Å²) in [6.45, 7) is 3.19.